The van der Waals surface area contributed by atoms with Crippen LogP contribution in [0.15, 0.2) is 78.9 Å². The quantitative estimate of drug-likeness (QED) is 0.273. The van der Waals surface area contributed by atoms with E-state index in [9.17, 15) is 0 Å². The summed E-state index contributed by atoms with van der Waals surface area (Å²) < 4.78 is 2.76. The van der Waals surface area contributed by atoms with Crippen LogP contribution < -0.4 is 0 Å². The number of fused-ring (bicyclic) bond motifs is 5. The normalized spacial score (nSPS) is 13.1. The summed E-state index contributed by atoms with van der Waals surface area (Å²) in [5.74, 6) is 0. The van der Waals surface area contributed by atoms with Crippen LogP contribution in [-0.4, -0.2) is 0 Å². The lowest BCUT2D eigenvalue weighted by Gasteiger charge is -2.16. The minimum absolute atomic E-state index is 0.976. The number of hydrogen-bond donors (Lipinski definition) is 0. The number of hydrogen-bond acceptors (Lipinski definition) is 1. The summed E-state index contributed by atoms with van der Waals surface area (Å²) >= 11 is 1.90. The molecule has 0 saturated heterocycles. The minimum atomic E-state index is 0.976. The maximum absolute atomic E-state index is 2.42. The first kappa shape index (κ1) is 14.3. The van der Waals surface area contributed by atoms with E-state index in [0.29, 0.717) is 0 Å². The molecular weight excluding hydrogens is 332 g/mol. The maximum Gasteiger partial charge on any atom is 0.0358 e. The van der Waals surface area contributed by atoms with Gasteiger partial charge in [-0.15, -0.1) is 11.3 Å². The Hall–Kier alpha value is -2.90. The average Bonchev–Trinajstić information content (AvgIpc) is 3.03. The largest absolute Gasteiger partial charge is 0.135 e. The SMILES string of the molecule is C1=Cc2cccc3cccc(c23)-c2cc3c(cc2C1)sc1ccccc13. The third kappa shape index (κ3) is 1.95. The van der Waals surface area contributed by atoms with Gasteiger partial charge in [-0.3, -0.25) is 0 Å². The Morgan fingerprint density at radius 2 is 1.58 bits per heavy atom. The molecule has 0 bridgehead atoms. The molecule has 1 aliphatic rings. The Kier molecular flexibility index (Phi) is 2.91. The van der Waals surface area contributed by atoms with Gasteiger partial charge < -0.3 is 0 Å². The second kappa shape index (κ2) is 5.30. The second-order valence-electron chi connectivity index (χ2n) is 6.96. The first-order chi connectivity index (χ1) is 12.9. The Morgan fingerprint density at radius 3 is 2.54 bits per heavy atom. The number of thiophene rings is 1. The lowest BCUT2D eigenvalue weighted by molar-refractivity contribution is 1.29. The lowest BCUT2D eigenvalue weighted by atomic mass is 9.88. The van der Waals surface area contributed by atoms with Crippen molar-refractivity contribution < 1.29 is 0 Å². The molecule has 0 spiro atoms. The van der Waals surface area contributed by atoms with Crippen molar-refractivity contribution in [1.29, 1.82) is 0 Å². The fraction of sp³-hybridized carbons (Fsp3) is 0.0400. The molecule has 0 amide bonds. The van der Waals surface area contributed by atoms with Gasteiger partial charge in [0.1, 0.15) is 0 Å². The van der Waals surface area contributed by atoms with E-state index in [4.69, 9.17) is 0 Å². The standard InChI is InChI=1S/C25H16S/c1-2-13-23-19(11-1)22-15-21-18(14-24(22)26-23)10-4-8-16-6-3-7-17-9-5-12-20(21)25(16)17/h1-9,11-15H,10H2. The van der Waals surface area contributed by atoms with Crippen molar-refractivity contribution in [3.8, 4) is 11.1 Å². The van der Waals surface area contributed by atoms with Crippen molar-refractivity contribution in [2.45, 2.75) is 6.42 Å². The molecule has 5 aromatic rings. The molecule has 0 atom stereocenters. The van der Waals surface area contributed by atoms with Crippen LogP contribution in [0.5, 0.6) is 0 Å². The highest BCUT2D eigenvalue weighted by Gasteiger charge is 2.15. The highest BCUT2D eigenvalue weighted by Crippen LogP contribution is 2.41. The molecule has 1 heteroatoms. The van der Waals surface area contributed by atoms with Crippen molar-refractivity contribution in [3.63, 3.8) is 0 Å². The van der Waals surface area contributed by atoms with Gasteiger partial charge in [0.2, 0.25) is 0 Å². The van der Waals surface area contributed by atoms with Gasteiger partial charge >= 0.3 is 0 Å². The van der Waals surface area contributed by atoms with Crippen LogP contribution in [0, 0.1) is 0 Å². The zero-order valence-electron chi connectivity index (χ0n) is 14.2. The molecule has 6 rings (SSSR count). The molecule has 0 aliphatic heterocycles. The first-order valence-electron chi connectivity index (χ1n) is 9.01. The van der Waals surface area contributed by atoms with Crippen LogP contribution in [0.2, 0.25) is 0 Å². The highest BCUT2D eigenvalue weighted by atomic mass is 32.1. The number of benzene rings is 4. The van der Waals surface area contributed by atoms with E-state index < -0.39 is 0 Å². The molecule has 122 valence electrons. The summed E-state index contributed by atoms with van der Waals surface area (Å²) in [7, 11) is 0. The molecule has 1 aliphatic carbocycles. The molecule has 0 radical (unpaired) electrons. The molecule has 1 heterocycles. The van der Waals surface area contributed by atoms with Crippen molar-refractivity contribution in [3.05, 3.63) is 90.0 Å². The van der Waals surface area contributed by atoms with E-state index in [1.165, 1.54) is 53.2 Å². The Bertz CT molecular complexity index is 1350. The Morgan fingerprint density at radius 1 is 0.692 bits per heavy atom. The van der Waals surface area contributed by atoms with Crippen LogP contribution in [-0.2, 0) is 6.42 Å². The third-order valence-corrected chi connectivity index (χ3v) is 6.60. The summed E-state index contributed by atoms with van der Waals surface area (Å²) in [5.41, 5.74) is 5.47. The van der Waals surface area contributed by atoms with E-state index in [1.807, 2.05) is 11.3 Å². The molecular formula is C25H16S. The van der Waals surface area contributed by atoms with Crippen LogP contribution in [0.1, 0.15) is 11.1 Å². The summed E-state index contributed by atoms with van der Waals surface area (Å²) in [6.45, 7) is 0. The van der Waals surface area contributed by atoms with Crippen LogP contribution >= 0.6 is 11.3 Å². The monoisotopic (exact) mass is 348 g/mol. The molecule has 0 nitrogen and oxygen atoms in total. The molecule has 0 unspecified atom stereocenters. The van der Waals surface area contributed by atoms with Crippen LogP contribution in [0.3, 0.4) is 0 Å². The third-order valence-electron chi connectivity index (χ3n) is 5.46. The smallest absolute Gasteiger partial charge is 0.0358 e. The van der Waals surface area contributed by atoms with Crippen molar-refractivity contribution in [1.82, 2.24) is 0 Å². The Balaban J connectivity index is 1.79. The molecule has 0 N–H and O–H groups in total. The fourth-order valence-electron chi connectivity index (χ4n) is 4.28. The van der Waals surface area contributed by atoms with E-state index in [1.54, 1.807) is 0 Å². The van der Waals surface area contributed by atoms with E-state index in [-0.39, 0.29) is 0 Å². The second-order valence-corrected chi connectivity index (χ2v) is 8.04. The zero-order valence-corrected chi connectivity index (χ0v) is 15.0. The lowest BCUT2D eigenvalue weighted by Crippen LogP contribution is -1.93. The summed E-state index contributed by atoms with van der Waals surface area (Å²) in [6, 6.07) is 26.9. The van der Waals surface area contributed by atoms with E-state index in [2.05, 4.69) is 84.9 Å². The predicted octanol–water partition coefficient (Wildman–Crippen LogP) is 7.44. The van der Waals surface area contributed by atoms with E-state index >= 15 is 0 Å². The van der Waals surface area contributed by atoms with Crippen LogP contribution in [0.25, 0.3) is 48.1 Å². The van der Waals surface area contributed by atoms with Gasteiger partial charge in [0.15, 0.2) is 0 Å². The summed E-state index contributed by atoms with van der Waals surface area (Å²) in [5, 5.41) is 5.43. The first-order valence-corrected chi connectivity index (χ1v) is 9.83. The zero-order chi connectivity index (χ0) is 17.1. The number of allylic oxidation sites excluding steroid dienone is 1. The van der Waals surface area contributed by atoms with Gasteiger partial charge in [-0.05, 0) is 57.6 Å². The van der Waals surface area contributed by atoms with Crippen molar-refractivity contribution in [2.75, 3.05) is 0 Å². The highest BCUT2D eigenvalue weighted by molar-refractivity contribution is 7.25. The van der Waals surface area contributed by atoms with Gasteiger partial charge in [0.05, 0.1) is 0 Å². The van der Waals surface area contributed by atoms with Crippen LogP contribution in [0.4, 0.5) is 0 Å². The van der Waals surface area contributed by atoms with Gasteiger partial charge in [-0.1, -0.05) is 66.7 Å². The Labute approximate surface area is 156 Å². The molecule has 0 fully saturated rings. The molecule has 0 saturated carbocycles. The maximum atomic E-state index is 2.42. The number of rotatable bonds is 0. The minimum Gasteiger partial charge on any atom is -0.135 e. The topological polar surface area (TPSA) is 0 Å². The molecule has 1 aromatic heterocycles. The van der Waals surface area contributed by atoms with Gasteiger partial charge in [0.25, 0.3) is 0 Å². The van der Waals surface area contributed by atoms with Gasteiger partial charge in [0, 0.05) is 20.2 Å². The predicted molar refractivity (Wildman–Crippen MR) is 115 cm³/mol. The van der Waals surface area contributed by atoms with Gasteiger partial charge in [-0.25, -0.2) is 0 Å². The van der Waals surface area contributed by atoms with E-state index in [0.717, 1.165) is 6.42 Å². The molecule has 26 heavy (non-hydrogen) atoms. The molecule has 4 aromatic carbocycles. The fourth-order valence-corrected chi connectivity index (χ4v) is 5.43. The summed E-state index contributed by atoms with van der Waals surface area (Å²) in [4.78, 5) is 0. The van der Waals surface area contributed by atoms with Gasteiger partial charge in [-0.2, -0.15) is 0 Å². The van der Waals surface area contributed by atoms with Crippen molar-refractivity contribution >= 4 is 48.4 Å². The average molecular weight is 348 g/mol. The summed E-state index contributed by atoms with van der Waals surface area (Å²) in [6.07, 6.45) is 5.57. The van der Waals surface area contributed by atoms with Crippen molar-refractivity contribution in [2.24, 2.45) is 0 Å².